The fraction of sp³-hybridized carbons (Fsp3) is 0.571. The number of ether oxygens (including phenoxy) is 1. The highest BCUT2D eigenvalue weighted by atomic mass is 16.5. The van der Waals surface area contributed by atoms with Gasteiger partial charge in [0.15, 0.2) is 0 Å². The van der Waals surface area contributed by atoms with Crippen molar-refractivity contribution in [3.8, 4) is 5.75 Å². The molecule has 0 radical (unpaired) electrons. The molecule has 2 N–H and O–H groups in total. The van der Waals surface area contributed by atoms with Crippen molar-refractivity contribution < 1.29 is 4.74 Å². The maximum absolute atomic E-state index is 5.77. The van der Waals surface area contributed by atoms with Crippen molar-refractivity contribution in [2.75, 3.05) is 13.2 Å². The lowest BCUT2D eigenvalue weighted by Gasteiger charge is -2.16. The van der Waals surface area contributed by atoms with E-state index in [2.05, 4.69) is 26.0 Å². The molecule has 0 spiro atoms. The maximum atomic E-state index is 5.77. The summed E-state index contributed by atoms with van der Waals surface area (Å²) >= 11 is 0. The second-order valence-electron chi connectivity index (χ2n) is 4.36. The molecule has 0 bridgehead atoms. The van der Waals surface area contributed by atoms with E-state index in [-0.39, 0.29) is 0 Å². The summed E-state index contributed by atoms with van der Waals surface area (Å²) in [6, 6.07) is 8.21. The lowest BCUT2D eigenvalue weighted by molar-refractivity contribution is 0.232. The molecular formula is C14H23NO. The summed E-state index contributed by atoms with van der Waals surface area (Å²) in [5, 5.41) is 0. The van der Waals surface area contributed by atoms with Gasteiger partial charge in [-0.3, -0.25) is 0 Å². The molecule has 1 rings (SSSR count). The van der Waals surface area contributed by atoms with Crippen LogP contribution in [0.2, 0.25) is 0 Å². The predicted molar refractivity (Wildman–Crippen MR) is 68.7 cm³/mol. The molecule has 0 aliphatic rings. The van der Waals surface area contributed by atoms with Crippen molar-refractivity contribution in [1.82, 2.24) is 0 Å². The first kappa shape index (κ1) is 13.0. The van der Waals surface area contributed by atoms with E-state index in [0.717, 1.165) is 25.3 Å². The number of aryl methyl sites for hydroxylation is 1. The van der Waals surface area contributed by atoms with E-state index in [1.165, 1.54) is 18.4 Å². The molecule has 0 saturated carbocycles. The van der Waals surface area contributed by atoms with Crippen molar-refractivity contribution in [3.63, 3.8) is 0 Å². The Balaban J connectivity index is 2.38. The average Bonchev–Trinajstić information content (AvgIpc) is 2.29. The molecule has 0 heterocycles. The zero-order chi connectivity index (χ0) is 11.8. The molecule has 1 atom stereocenters. The molecule has 0 aliphatic heterocycles. The van der Waals surface area contributed by atoms with E-state index in [9.17, 15) is 0 Å². The standard InChI is InChI=1S/C14H23NO/c1-3-4-13(9-10-15)11-16-14-7-5-12(2)6-8-14/h5-8,13H,3-4,9-11,15H2,1-2H3. The third kappa shape index (κ3) is 4.67. The van der Waals surface area contributed by atoms with Gasteiger partial charge < -0.3 is 10.5 Å². The highest BCUT2D eigenvalue weighted by Crippen LogP contribution is 2.16. The molecule has 0 aliphatic carbocycles. The molecule has 1 unspecified atom stereocenters. The molecule has 1 aromatic carbocycles. The van der Waals surface area contributed by atoms with Gasteiger partial charge in [0.05, 0.1) is 6.61 Å². The Hall–Kier alpha value is -1.02. The minimum absolute atomic E-state index is 0.594. The van der Waals surface area contributed by atoms with Crippen LogP contribution in [0.15, 0.2) is 24.3 Å². The molecule has 16 heavy (non-hydrogen) atoms. The molecule has 2 nitrogen and oxygen atoms in total. The van der Waals surface area contributed by atoms with Gasteiger partial charge in [0.2, 0.25) is 0 Å². The molecule has 0 amide bonds. The van der Waals surface area contributed by atoms with Gasteiger partial charge in [-0.05, 0) is 44.4 Å². The number of benzene rings is 1. The molecular weight excluding hydrogens is 198 g/mol. The van der Waals surface area contributed by atoms with Gasteiger partial charge >= 0.3 is 0 Å². The average molecular weight is 221 g/mol. The number of rotatable bonds is 7. The molecule has 0 fully saturated rings. The van der Waals surface area contributed by atoms with Gasteiger partial charge in [0.25, 0.3) is 0 Å². The first-order valence-electron chi connectivity index (χ1n) is 6.15. The van der Waals surface area contributed by atoms with Crippen molar-refractivity contribution in [2.45, 2.75) is 33.1 Å². The van der Waals surface area contributed by atoms with Crippen LogP contribution in [0, 0.1) is 12.8 Å². The number of nitrogens with two attached hydrogens (primary N) is 1. The molecule has 2 heteroatoms. The second-order valence-corrected chi connectivity index (χ2v) is 4.36. The Morgan fingerprint density at radius 1 is 1.19 bits per heavy atom. The SMILES string of the molecule is CCCC(CCN)COc1ccc(C)cc1. The van der Waals surface area contributed by atoms with Crippen LogP contribution in [0.1, 0.15) is 31.7 Å². The summed E-state index contributed by atoms with van der Waals surface area (Å²) in [6.45, 7) is 5.82. The van der Waals surface area contributed by atoms with Crippen molar-refractivity contribution in [3.05, 3.63) is 29.8 Å². The maximum Gasteiger partial charge on any atom is 0.119 e. The largest absolute Gasteiger partial charge is 0.493 e. The normalized spacial score (nSPS) is 12.4. The first-order chi connectivity index (χ1) is 7.76. The Morgan fingerprint density at radius 2 is 1.88 bits per heavy atom. The minimum Gasteiger partial charge on any atom is -0.493 e. The van der Waals surface area contributed by atoms with Crippen LogP contribution in [0.4, 0.5) is 0 Å². The van der Waals surface area contributed by atoms with Gasteiger partial charge in [0, 0.05) is 0 Å². The third-order valence-electron chi connectivity index (χ3n) is 2.78. The monoisotopic (exact) mass is 221 g/mol. The highest BCUT2D eigenvalue weighted by Gasteiger charge is 2.07. The van der Waals surface area contributed by atoms with Gasteiger partial charge in [0.1, 0.15) is 5.75 Å². The van der Waals surface area contributed by atoms with Crippen LogP contribution in [-0.2, 0) is 0 Å². The van der Waals surface area contributed by atoms with Crippen molar-refractivity contribution in [2.24, 2.45) is 11.7 Å². The smallest absolute Gasteiger partial charge is 0.119 e. The Morgan fingerprint density at radius 3 is 2.44 bits per heavy atom. The minimum atomic E-state index is 0.594. The van der Waals surface area contributed by atoms with Crippen molar-refractivity contribution >= 4 is 0 Å². The zero-order valence-electron chi connectivity index (χ0n) is 10.4. The Bertz CT molecular complexity index is 275. The summed E-state index contributed by atoms with van der Waals surface area (Å²) in [5.41, 5.74) is 6.86. The van der Waals surface area contributed by atoms with E-state index in [4.69, 9.17) is 10.5 Å². The topological polar surface area (TPSA) is 35.2 Å². The molecule has 0 aromatic heterocycles. The first-order valence-corrected chi connectivity index (χ1v) is 6.15. The summed E-state index contributed by atoms with van der Waals surface area (Å²) < 4.78 is 5.77. The zero-order valence-corrected chi connectivity index (χ0v) is 10.4. The van der Waals surface area contributed by atoms with Crippen molar-refractivity contribution in [1.29, 1.82) is 0 Å². The Kier molecular flexibility index (Phi) is 5.94. The fourth-order valence-electron chi connectivity index (χ4n) is 1.80. The van der Waals surface area contributed by atoms with Crippen LogP contribution in [-0.4, -0.2) is 13.2 Å². The van der Waals surface area contributed by atoms with Gasteiger partial charge in [-0.15, -0.1) is 0 Å². The Labute approximate surface area is 98.8 Å². The molecule has 1 aromatic rings. The lowest BCUT2D eigenvalue weighted by Crippen LogP contribution is -2.16. The summed E-state index contributed by atoms with van der Waals surface area (Å²) in [6.07, 6.45) is 3.45. The van der Waals surface area contributed by atoms with E-state index in [1.807, 2.05) is 12.1 Å². The predicted octanol–water partition coefficient (Wildman–Crippen LogP) is 3.14. The summed E-state index contributed by atoms with van der Waals surface area (Å²) in [7, 11) is 0. The summed E-state index contributed by atoms with van der Waals surface area (Å²) in [4.78, 5) is 0. The third-order valence-corrected chi connectivity index (χ3v) is 2.78. The molecule has 0 saturated heterocycles. The van der Waals surface area contributed by atoms with Gasteiger partial charge in [-0.2, -0.15) is 0 Å². The van der Waals surface area contributed by atoms with Crippen LogP contribution >= 0.6 is 0 Å². The van der Waals surface area contributed by atoms with Gasteiger partial charge in [-0.1, -0.05) is 31.0 Å². The van der Waals surface area contributed by atoms with Crippen LogP contribution in [0.25, 0.3) is 0 Å². The quantitative estimate of drug-likeness (QED) is 0.767. The van der Waals surface area contributed by atoms with E-state index >= 15 is 0 Å². The summed E-state index contributed by atoms with van der Waals surface area (Å²) in [5.74, 6) is 1.56. The fourth-order valence-corrected chi connectivity index (χ4v) is 1.80. The lowest BCUT2D eigenvalue weighted by atomic mass is 10.0. The molecule has 90 valence electrons. The van der Waals surface area contributed by atoms with Crippen LogP contribution in [0.5, 0.6) is 5.75 Å². The van der Waals surface area contributed by atoms with E-state index < -0.39 is 0 Å². The van der Waals surface area contributed by atoms with Gasteiger partial charge in [-0.25, -0.2) is 0 Å². The number of hydrogen-bond acceptors (Lipinski definition) is 2. The highest BCUT2D eigenvalue weighted by molar-refractivity contribution is 5.26. The van der Waals surface area contributed by atoms with Crippen LogP contribution < -0.4 is 10.5 Å². The number of hydrogen-bond donors (Lipinski definition) is 1. The van der Waals surface area contributed by atoms with E-state index in [0.29, 0.717) is 5.92 Å². The van der Waals surface area contributed by atoms with Crippen LogP contribution in [0.3, 0.4) is 0 Å². The second kappa shape index (κ2) is 7.29. The van der Waals surface area contributed by atoms with E-state index in [1.54, 1.807) is 0 Å².